The first kappa shape index (κ1) is 20.3. The number of hydrogen-bond donors (Lipinski definition) is 1. The van der Waals surface area contributed by atoms with Gasteiger partial charge in [-0.2, -0.15) is 0 Å². The molecule has 7 nitrogen and oxygen atoms in total. The highest BCUT2D eigenvalue weighted by Crippen LogP contribution is 2.27. The average molecular weight is 365 g/mol. The van der Waals surface area contributed by atoms with E-state index in [-0.39, 0.29) is 24.4 Å². The standard InChI is InChI=1S/C19H27NO6/c1-5-13-10-12(2)19(3,24)18(23)25-11-14-6-8-20(4)9-7-15(16(14)21)26-17(13)22/h5-6,12,15,24H,7-11H2,1-4H3/b13-5-,14-6?/t12-,15+,19-/m1/s1. The van der Waals surface area contributed by atoms with Crippen LogP contribution in [0.15, 0.2) is 23.3 Å². The van der Waals surface area contributed by atoms with Crippen molar-refractivity contribution in [1.29, 1.82) is 0 Å². The van der Waals surface area contributed by atoms with E-state index < -0.39 is 29.6 Å². The predicted molar refractivity (Wildman–Crippen MR) is 94.2 cm³/mol. The molecule has 0 aromatic heterocycles. The van der Waals surface area contributed by atoms with Crippen LogP contribution in [-0.2, 0) is 23.9 Å². The van der Waals surface area contributed by atoms with Gasteiger partial charge in [-0.1, -0.05) is 19.1 Å². The van der Waals surface area contributed by atoms with E-state index in [9.17, 15) is 19.5 Å². The fourth-order valence-electron chi connectivity index (χ4n) is 2.92. The molecule has 0 spiro atoms. The normalized spacial score (nSPS) is 34.0. The molecule has 2 aliphatic heterocycles. The third-order valence-corrected chi connectivity index (χ3v) is 5.15. The molecule has 0 radical (unpaired) electrons. The Morgan fingerprint density at radius 1 is 1.35 bits per heavy atom. The minimum atomic E-state index is -1.78. The summed E-state index contributed by atoms with van der Waals surface area (Å²) in [6.45, 7) is 5.58. The molecule has 0 unspecified atom stereocenters. The fourth-order valence-corrected chi connectivity index (χ4v) is 2.92. The first-order chi connectivity index (χ1) is 12.2. The van der Waals surface area contributed by atoms with E-state index in [1.807, 2.05) is 11.9 Å². The number of likely N-dealkylation sites (N-methyl/N-ethyl adjacent to an activating group) is 1. The Bertz CT molecular complexity index is 648. The van der Waals surface area contributed by atoms with Crippen LogP contribution in [0.2, 0.25) is 0 Å². The number of cyclic esters (lactones) is 1. The summed E-state index contributed by atoms with van der Waals surface area (Å²) in [5.41, 5.74) is -1.19. The van der Waals surface area contributed by atoms with Gasteiger partial charge in [0.2, 0.25) is 5.78 Å². The van der Waals surface area contributed by atoms with Gasteiger partial charge in [-0.25, -0.2) is 9.59 Å². The van der Waals surface area contributed by atoms with Crippen molar-refractivity contribution < 1.29 is 29.0 Å². The number of nitrogens with zero attached hydrogens (tertiary/aromatic N) is 1. The van der Waals surface area contributed by atoms with Crippen LogP contribution in [0.5, 0.6) is 0 Å². The summed E-state index contributed by atoms with van der Waals surface area (Å²) in [5.74, 6) is -2.32. The second-order valence-corrected chi connectivity index (χ2v) is 7.18. The summed E-state index contributed by atoms with van der Waals surface area (Å²) in [4.78, 5) is 39.7. The summed E-state index contributed by atoms with van der Waals surface area (Å²) in [7, 11) is 1.89. The number of rotatable bonds is 0. The first-order valence-electron chi connectivity index (χ1n) is 8.84. The van der Waals surface area contributed by atoms with Gasteiger partial charge in [0.25, 0.3) is 0 Å². The fraction of sp³-hybridized carbons (Fsp3) is 0.632. The molecule has 0 aromatic carbocycles. The summed E-state index contributed by atoms with van der Waals surface area (Å²) < 4.78 is 10.7. The minimum absolute atomic E-state index is 0.140. The second kappa shape index (κ2) is 8.14. The molecule has 2 bridgehead atoms. The lowest BCUT2D eigenvalue weighted by Crippen LogP contribution is -2.45. The second-order valence-electron chi connectivity index (χ2n) is 7.18. The molecular weight excluding hydrogens is 338 g/mol. The van der Waals surface area contributed by atoms with E-state index in [0.29, 0.717) is 25.1 Å². The van der Waals surface area contributed by atoms with Crippen LogP contribution in [0.1, 0.15) is 33.6 Å². The monoisotopic (exact) mass is 365 g/mol. The zero-order valence-electron chi connectivity index (χ0n) is 15.8. The molecule has 2 rings (SSSR count). The van der Waals surface area contributed by atoms with Gasteiger partial charge in [-0.3, -0.25) is 4.79 Å². The molecule has 1 saturated heterocycles. The summed E-state index contributed by atoms with van der Waals surface area (Å²) in [6.07, 6.45) is 2.86. The Hall–Kier alpha value is -1.99. The van der Waals surface area contributed by atoms with E-state index in [4.69, 9.17) is 9.47 Å². The number of fused-ring (bicyclic) bond motifs is 2. The molecule has 2 aliphatic rings. The maximum absolute atomic E-state index is 12.8. The van der Waals surface area contributed by atoms with Crippen molar-refractivity contribution in [3.05, 3.63) is 23.3 Å². The van der Waals surface area contributed by atoms with Crippen LogP contribution in [-0.4, -0.2) is 66.2 Å². The lowest BCUT2D eigenvalue weighted by molar-refractivity contribution is -0.169. The summed E-state index contributed by atoms with van der Waals surface area (Å²) >= 11 is 0. The van der Waals surface area contributed by atoms with Gasteiger partial charge in [0, 0.05) is 30.7 Å². The highest BCUT2D eigenvalue weighted by atomic mass is 16.6. The highest BCUT2D eigenvalue weighted by Gasteiger charge is 2.40. The van der Waals surface area contributed by atoms with Crippen molar-refractivity contribution in [1.82, 2.24) is 4.90 Å². The molecule has 0 aliphatic carbocycles. The largest absolute Gasteiger partial charge is 0.459 e. The number of esters is 2. The Morgan fingerprint density at radius 3 is 2.69 bits per heavy atom. The van der Waals surface area contributed by atoms with Crippen LogP contribution >= 0.6 is 0 Å². The molecule has 1 N–H and O–H groups in total. The Morgan fingerprint density at radius 2 is 2.04 bits per heavy atom. The molecule has 1 fully saturated rings. The summed E-state index contributed by atoms with van der Waals surface area (Å²) in [5, 5.41) is 10.6. The van der Waals surface area contributed by atoms with Crippen molar-refractivity contribution >= 4 is 17.7 Å². The number of Topliss-reactive ketones (excluding diaryl/α,β-unsaturated/α-hetero) is 1. The number of aliphatic hydroxyl groups is 1. The van der Waals surface area contributed by atoms with Gasteiger partial charge in [0.15, 0.2) is 11.7 Å². The van der Waals surface area contributed by atoms with Crippen molar-refractivity contribution in [2.45, 2.75) is 45.3 Å². The molecule has 0 saturated carbocycles. The van der Waals surface area contributed by atoms with Gasteiger partial charge in [-0.05, 0) is 33.2 Å². The average Bonchev–Trinajstić information content (AvgIpc) is 2.59. The lowest BCUT2D eigenvalue weighted by atomic mass is 9.85. The molecular formula is C19H27NO6. The van der Waals surface area contributed by atoms with Crippen LogP contribution in [0.25, 0.3) is 0 Å². The van der Waals surface area contributed by atoms with Crippen molar-refractivity contribution in [2.24, 2.45) is 5.92 Å². The van der Waals surface area contributed by atoms with E-state index >= 15 is 0 Å². The van der Waals surface area contributed by atoms with Crippen molar-refractivity contribution in [3.63, 3.8) is 0 Å². The Labute approximate surface area is 153 Å². The number of allylic oxidation sites excluding steroid dienone is 1. The van der Waals surface area contributed by atoms with Crippen LogP contribution in [0, 0.1) is 5.92 Å². The molecule has 3 atom stereocenters. The molecule has 0 amide bonds. The molecule has 2 heterocycles. The minimum Gasteiger partial charge on any atom is -0.459 e. The van der Waals surface area contributed by atoms with E-state index in [0.717, 1.165) is 0 Å². The summed E-state index contributed by atoms with van der Waals surface area (Å²) in [6, 6.07) is 0. The van der Waals surface area contributed by atoms with Gasteiger partial charge in [0.05, 0.1) is 0 Å². The Balaban J connectivity index is 2.42. The third kappa shape index (κ3) is 4.40. The zero-order valence-corrected chi connectivity index (χ0v) is 15.8. The number of carbonyl (C=O) groups excluding carboxylic acids is 3. The third-order valence-electron chi connectivity index (χ3n) is 5.15. The zero-order chi connectivity index (χ0) is 19.5. The van der Waals surface area contributed by atoms with Crippen molar-refractivity contribution in [2.75, 3.05) is 26.7 Å². The van der Waals surface area contributed by atoms with Gasteiger partial charge in [-0.15, -0.1) is 0 Å². The molecule has 7 heteroatoms. The van der Waals surface area contributed by atoms with Crippen LogP contribution in [0.3, 0.4) is 0 Å². The predicted octanol–water partition coefficient (Wildman–Crippen LogP) is 1.01. The topological polar surface area (TPSA) is 93.1 Å². The van der Waals surface area contributed by atoms with Gasteiger partial charge < -0.3 is 19.5 Å². The van der Waals surface area contributed by atoms with Gasteiger partial charge in [0.1, 0.15) is 6.61 Å². The maximum atomic E-state index is 12.8. The van der Waals surface area contributed by atoms with E-state index in [2.05, 4.69) is 0 Å². The number of ether oxygens (including phenoxy) is 2. The van der Waals surface area contributed by atoms with E-state index in [1.165, 1.54) is 6.92 Å². The van der Waals surface area contributed by atoms with Gasteiger partial charge >= 0.3 is 11.9 Å². The lowest BCUT2D eigenvalue weighted by Gasteiger charge is -2.31. The number of ketones is 1. The highest BCUT2D eigenvalue weighted by molar-refractivity contribution is 6.01. The number of hydrogen-bond acceptors (Lipinski definition) is 7. The van der Waals surface area contributed by atoms with Crippen LogP contribution < -0.4 is 0 Å². The van der Waals surface area contributed by atoms with Crippen LogP contribution in [0.4, 0.5) is 0 Å². The Kier molecular flexibility index (Phi) is 6.36. The first-order valence-corrected chi connectivity index (χ1v) is 8.84. The maximum Gasteiger partial charge on any atom is 0.338 e. The quantitative estimate of drug-likeness (QED) is 0.506. The molecule has 26 heavy (non-hydrogen) atoms. The SMILES string of the molecule is C/C=C1/C[C@@H](C)[C@@](C)(O)C(=O)OCC2=CCN(C)CC[C@H](OC1=O)C2=O. The molecule has 144 valence electrons. The number of carbonyl (C=O) groups is 3. The van der Waals surface area contributed by atoms with E-state index in [1.54, 1.807) is 26.0 Å². The molecule has 0 aromatic rings. The smallest absolute Gasteiger partial charge is 0.338 e. The van der Waals surface area contributed by atoms with Crippen molar-refractivity contribution in [3.8, 4) is 0 Å².